The average Bonchev–Trinajstić information content (AvgIpc) is 2.49. The predicted molar refractivity (Wildman–Crippen MR) is 84.0 cm³/mol. The summed E-state index contributed by atoms with van der Waals surface area (Å²) >= 11 is 0. The summed E-state index contributed by atoms with van der Waals surface area (Å²) in [6, 6.07) is 13.2. The van der Waals surface area contributed by atoms with Crippen molar-refractivity contribution < 1.29 is 14.1 Å². The Labute approximate surface area is 126 Å². The normalized spacial score (nSPS) is 12.1. The molecule has 2 aromatic rings. The van der Waals surface area contributed by atoms with Gasteiger partial charge < -0.3 is 10.4 Å². The first kappa shape index (κ1) is 15.3. The summed E-state index contributed by atoms with van der Waals surface area (Å²) in [4.78, 5) is 12.8. The van der Waals surface area contributed by atoms with Gasteiger partial charge in [0.05, 0.1) is 16.5 Å². The van der Waals surface area contributed by atoms with Crippen molar-refractivity contribution in [3.05, 3.63) is 54.1 Å². The molecule has 0 spiro atoms. The molecule has 1 atom stereocenters. The Morgan fingerprint density at radius 2 is 1.71 bits per heavy atom. The molecule has 0 fully saturated rings. The van der Waals surface area contributed by atoms with Crippen LogP contribution in [0, 0.1) is 0 Å². The second-order valence-electron chi connectivity index (χ2n) is 4.84. The molecule has 21 heavy (non-hydrogen) atoms. The summed E-state index contributed by atoms with van der Waals surface area (Å²) in [6.07, 6.45) is 0. The van der Waals surface area contributed by atoms with Crippen LogP contribution in [0.1, 0.15) is 24.2 Å². The molecule has 0 aliphatic rings. The molecule has 1 amide bonds. The van der Waals surface area contributed by atoms with E-state index in [-0.39, 0.29) is 16.9 Å². The van der Waals surface area contributed by atoms with Gasteiger partial charge in [-0.15, -0.1) is 0 Å². The number of aromatic hydroxyl groups is 1. The SMILES string of the molecule is CC(C)[S@](=O)c1ccc(C(=O)Nc2ccccc2O)cc1. The number of nitrogens with one attached hydrogen (secondary N) is 1. The smallest absolute Gasteiger partial charge is 0.255 e. The van der Waals surface area contributed by atoms with Gasteiger partial charge in [-0.05, 0) is 36.4 Å². The monoisotopic (exact) mass is 303 g/mol. The van der Waals surface area contributed by atoms with Crippen LogP contribution in [0.2, 0.25) is 0 Å². The fourth-order valence-electron chi connectivity index (χ4n) is 1.79. The Kier molecular flexibility index (Phi) is 4.75. The first-order valence-corrected chi connectivity index (χ1v) is 7.80. The third-order valence-corrected chi connectivity index (χ3v) is 4.52. The Hall–Kier alpha value is -2.14. The van der Waals surface area contributed by atoms with Crippen molar-refractivity contribution in [2.75, 3.05) is 5.32 Å². The number of hydrogen-bond donors (Lipinski definition) is 2. The van der Waals surface area contributed by atoms with E-state index >= 15 is 0 Å². The van der Waals surface area contributed by atoms with E-state index < -0.39 is 10.8 Å². The molecule has 0 saturated carbocycles. The molecule has 0 bridgehead atoms. The number of anilines is 1. The van der Waals surface area contributed by atoms with Gasteiger partial charge in [0.1, 0.15) is 5.75 Å². The fourth-order valence-corrected chi connectivity index (χ4v) is 2.74. The third kappa shape index (κ3) is 3.70. The number of carbonyl (C=O) groups is 1. The molecule has 0 heterocycles. The molecule has 0 saturated heterocycles. The molecule has 110 valence electrons. The standard InChI is InChI=1S/C16H17NO3S/c1-11(2)21(20)13-9-7-12(8-10-13)16(19)17-14-5-3-4-6-15(14)18/h3-11,18H,1-2H3,(H,17,19)/t21-/m0/s1. The van der Waals surface area contributed by atoms with E-state index in [1.54, 1.807) is 42.5 Å². The number of rotatable bonds is 4. The Morgan fingerprint density at radius 1 is 1.10 bits per heavy atom. The number of para-hydroxylation sites is 2. The number of hydrogen-bond acceptors (Lipinski definition) is 3. The van der Waals surface area contributed by atoms with Crippen LogP contribution in [0.3, 0.4) is 0 Å². The van der Waals surface area contributed by atoms with Crippen molar-refractivity contribution in [1.29, 1.82) is 0 Å². The van der Waals surface area contributed by atoms with Gasteiger partial charge in [0.2, 0.25) is 0 Å². The van der Waals surface area contributed by atoms with Gasteiger partial charge in [-0.1, -0.05) is 26.0 Å². The van der Waals surface area contributed by atoms with Crippen molar-refractivity contribution in [1.82, 2.24) is 0 Å². The van der Waals surface area contributed by atoms with Crippen LogP contribution in [-0.2, 0) is 10.8 Å². The van der Waals surface area contributed by atoms with Crippen LogP contribution < -0.4 is 5.32 Å². The van der Waals surface area contributed by atoms with Crippen LogP contribution in [-0.4, -0.2) is 20.5 Å². The minimum absolute atomic E-state index is 0.0170. The maximum Gasteiger partial charge on any atom is 0.255 e. The van der Waals surface area contributed by atoms with Gasteiger partial charge in [-0.2, -0.15) is 0 Å². The lowest BCUT2D eigenvalue weighted by Crippen LogP contribution is -2.12. The van der Waals surface area contributed by atoms with Crippen molar-refractivity contribution in [3.8, 4) is 5.75 Å². The molecule has 4 nitrogen and oxygen atoms in total. The van der Waals surface area contributed by atoms with Gasteiger partial charge in [0.15, 0.2) is 0 Å². The van der Waals surface area contributed by atoms with E-state index in [9.17, 15) is 14.1 Å². The van der Waals surface area contributed by atoms with E-state index in [1.165, 1.54) is 6.07 Å². The third-order valence-electron chi connectivity index (χ3n) is 2.93. The maximum atomic E-state index is 12.1. The minimum Gasteiger partial charge on any atom is -0.506 e. The van der Waals surface area contributed by atoms with E-state index in [0.717, 1.165) is 0 Å². The highest BCUT2D eigenvalue weighted by atomic mass is 32.2. The Balaban J connectivity index is 2.14. The second-order valence-corrected chi connectivity index (χ2v) is 6.85. The zero-order chi connectivity index (χ0) is 15.4. The summed E-state index contributed by atoms with van der Waals surface area (Å²) in [6.45, 7) is 3.77. The summed E-state index contributed by atoms with van der Waals surface area (Å²) < 4.78 is 11.9. The van der Waals surface area contributed by atoms with Crippen LogP contribution in [0.4, 0.5) is 5.69 Å². The molecular formula is C16H17NO3S. The van der Waals surface area contributed by atoms with Gasteiger partial charge in [0.25, 0.3) is 5.91 Å². The summed E-state index contributed by atoms with van der Waals surface area (Å²) in [5.41, 5.74) is 0.806. The van der Waals surface area contributed by atoms with E-state index in [0.29, 0.717) is 16.1 Å². The number of amides is 1. The molecule has 2 aromatic carbocycles. The van der Waals surface area contributed by atoms with Crippen molar-refractivity contribution in [2.24, 2.45) is 0 Å². The zero-order valence-corrected chi connectivity index (χ0v) is 12.7. The average molecular weight is 303 g/mol. The number of carbonyl (C=O) groups excluding carboxylic acids is 1. The fraction of sp³-hybridized carbons (Fsp3) is 0.188. The molecular weight excluding hydrogens is 286 g/mol. The van der Waals surface area contributed by atoms with Crippen molar-refractivity contribution in [2.45, 2.75) is 24.0 Å². The summed E-state index contributed by atoms with van der Waals surface area (Å²) in [5, 5.41) is 12.3. The maximum absolute atomic E-state index is 12.1. The van der Waals surface area contributed by atoms with E-state index in [2.05, 4.69) is 5.32 Å². The van der Waals surface area contributed by atoms with E-state index in [4.69, 9.17) is 0 Å². The van der Waals surface area contributed by atoms with Gasteiger partial charge in [-0.3, -0.25) is 9.00 Å². The first-order chi connectivity index (χ1) is 9.99. The largest absolute Gasteiger partial charge is 0.506 e. The Bertz CT molecular complexity index is 665. The number of phenols is 1. The summed E-state index contributed by atoms with van der Waals surface area (Å²) in [5.74, 6) is -0.304. The lowest BCUT2D eigenvalue weighted by Gasteiger charge is -2.08. The summed E-state index contributed by atoms with van der Waals surface area (Å²) in [7, 11) is -1.07. The molecule has 0 aromatic heterocycles. The molecule has 0 radical (unpaired) electrons. The minimum atomic E-state index is -1.07. The first-order valence-electron chi connectivity index (χ1n) is 6.59. The van der Waals surface area contributed by atoms with Gasteiger partial charge in [-0.25, -0.2) is 0 Å². The highest BCUT2D eigenvalue weighted by Crippen LogP contribution is 2.22. The Morgan fingerprint density at radius 3 is 2.29 bits per heavy atom. The van der Waals surface area contributed by atoms with Crippen molar-refractivity contribution >= 4 is 22.4 Å². The molecule has 5 heteroatoms. The van der Waals surface area contributed by atoms with E-state index in [1.807, 2.05) is 13.8 Å². The van der Waals surface area contributed by atoms with Gasteiger partial charge >= 0.3 is 0 Å². The highest BCUT2D eigenvalue weighted by Gasteiger charge is 2.11. The van der Waals surface area contributed by atoms with Gasteiger partial charge in [0, 0.05) is 15.7 Å². The van der Waals surface area contributed by atoms with Crippen molar-refractivity contribution in [3.63, 3.8) is 0 Å². The predicted octanol–water partition coefficient (Wildman–Crippen LogP) is 3.16. The molecule has 0 aliphatic carbocycles. The quantitative estimate of drug-likeness (QED) is 0.853. The second kappa shape index (κ2) is 6.54. The zero-order valence-electron chi connectivity index (χ0n) is 11.9. The van der Waals surface area contributed by atoms with Crippen LogP contribution in [0.15, 0.2) is 53.4 Å². The number of benzene rings is 2. The molecule has 2 N–H and O–H groups in total. The van der Waals surface area contributed by atoms with Crippen LogP contribution >= 0.6 is 0 Å². The lowest BCUT2D eigenvalue weighted by atomic mass is 10.2. The topological polar surface area (TPSA) is 66.4 Å². The molecule has 0 unspecified atom stereocenters. The number of phenolic OH excluding ortho intramolecular Hbond substituents is 1. The van der Waals surface area contributed by atoms with Crippen LogP contribution in [0.5, 0.6) is 5.75 Å². The molecule has 0 aliphatic heterocycles. The van der Waals surface area contributed by atoms with Crippen LogP contribution in [0.25, 0.3) is 0 Å². The molecule has 2 rings (SSSR count). The highest BCUT2D eigenvalue weighted by molar-refractivity contribution is 7.85. The lowest BCUT2D eigenvalue weighted by molar-refractivity contribution is 0.102.